The number of amides is 1. The average Bonchev–Trinajstić information content (AvgIpc) is 2.30. The van der Waals surface area contributed by atoms with Crippen LogP contribution >= 0.6 is 0 Å². The first-order valence-corrected chi connectivity index (χ1v) is 5.58. The molecule has 0 spiro atoms. The van der Waals surface area contributed by atoms with Gasteiger partial charge in [0.2, 0.25) is 0 Å². The molecule has 3 radical (unpaired) electrons. The third-order valence-electron chi connectivity index (χ3n) is 2.76. The summed E-state index contributed by atoms with van der Waals surface area (Å²) < 4.78 is 0. The van der Waals surface area contributed by atoms with Crippen LogP contribution in [0.25, 0.3) is 11.1 Å². The molecule has 1 aromatic heterocycles. The van der Waals surface area contributed by atoms with Gasteiger partial charge in [0.15, 0.2) is 0 Å². The van der Waals surface area contributed by atoms with Crippen molar-refractivity contribution < 1.29 is 4.79 Å². The van der Waals surface area contributed by atoms with Gasteiger partial charge in [0, 0.05) is 28.6 Å². The summed E-state index contributed by atoms with van der Waals surface area (Å²) in [7, 11) is 3.44. The fraction of sp³-hybridized carbons (Fsp3) is 0. The van der Waals surface area contributed by atoms with Gasteiger partial charge in [-0.3, -0.25) is 4.79 Å². The number of nitrogens with two attached hydrogens (primary N) is 1. The molecule has 1 aromatic carbocycles. The number of pyridine rings is 1. The summed E-state index contributed by atoms with van der Waals surface area (Å²) in [6.07, 6.45) is 1.70. The Morgan fingerprint density at radius 1 is 1.18 bits per heavy atom. The van der Waals surface area contributed by atoms with E-state index in [2.05, 4.69) is 20.5 Å². The summed E-state index contributed by atoms with van der Waals surface area (Å²) >= 11 is 0. The molecule has 0 aliphatic carbocycles. The Morgan fingerprint density at radius 3 is 2.71 bits per heavy atom. The lowest BCUT2D eigenvalue weighted by Gasteiger charge is -2.18. The van der Waals surface area contributed by atoms with Crippen molar-refractivity contribution >= 4 is 32.8 Å². The van der Waals surface area contributed by atoms with E-state index in [1.54, 1.807) is 24.4 Å². The van der Waals surface area contributed by atoms with E-state index in [1.165, 1.54) is 0 Å². The van der Waals surface area contributed by atoms with E-state index in [0.717, 1.165) is 5.56 Å². The fourth-order valence-electron chi connectivity index (χ4n) is 1.96. The van der Waals surface area contributed by atoms with E-state index < -0.39 is 0 Å². The molecule has 0 fully saturated rings. The highest BCUT2D eigenvalue weighted by Crippen LogP contribution is 2.31. The third kappa shape index (κ3) is 1.43. The van der Waals surface area contributed by atoms with Gasteiger partial charge in [0.25, 0.3) is 5.91 Å². The van der Waals surface area contributed by atoms with Crippen LogP contribution in [0, 0.1) is 0 Å². The molecule has 0 saturated carbocycles. The Labute approximate surface area is 101 Å². The van der Waals surface area contributed by atoms with E-state index in [1.807, 2.05) is 6.07 Å². The normalized spacial score (nSPS) is 12.6. The SMILES string of the molecule is Nc1ccc([Si])c2c1-c1ccc(nc1)NC2=O. The quantitative estimate of drug-likeness (QED) is 0.524. The second kappa shape index (κ2) is 3.43. The summed E-state index contributed by atoms with van der Waals surface area (Å²) in [5.74, 6) is 0.337. The first kappa shape index (κ1) is 10.0. The van der Waals surface area contributed by atoms with Crippen molar-refractivity contribution in [3.8, 4) is 11.1 Å². The summed E-state index contributed by atoms with van der Waals surface area (Å²) in [5, 5.41) is 3.44. The molecule has 81 valence electrons. The minimum absolute atomic E-state index is 0.203. The Hall–Kier alpha value is -2.14. The second-order valence-corrected chi connectivity index (χ2v) is 4.38. The highest BCUT2D eigenvalue weighted by molar-refractivity contribution is 6.38. The number of fused-ring (bicyclic) bond motifs is 3. The minimum Gasteiger partial charge on any atom is -0.398 e. The van der Waals surface area contributed by atoms with Crippen LogP contribution < -0.4 is 16.2 Å². The molecule has 3 N–H and O–H groups in total. The number of anilines is 2. The van der Waals surface area contributed by atoms with E-state index in [-0.39, 0.29) is 5.91 Å². The first-order valence-electron chi connectivity index (χ1n) is 5.08. The first-order chi connectivity index (χ1) is 8.16. The smallest absolute Gasteiger partial charge is 0.257 e. The van der Waals surface area contributed by atoms with E-state index in [0.29, 0.717) is 27.8 Å². The molecule has 2 aliphatic heterocycles. The van der Waals surface area contributed by atoms with Crippen molar-refractivity contribution in [1.29, 1.82) is 0 Å². The number of nitrogens with one attached hydrogen (secondary N) is 1. The van der Waals surface area contributed by atoms with Crippen molar-refractivity contribution in [3.05, 3.63) is 36.0 Å². The number of aromatic nitrogens is 1. The molecule has 4 rings (SSSR count). The van der Waals surface area contributed by atoms with Gasteiger partial charge in [-0.15, -0.1) is 0 Å². The van der Waals surface area contributed by atoms with Crippen molar-refractivity contribution in [1.82, 2.24) is 4.98 Å². The van der Waals surface area contributed by atoms with E-state index in [4.69, 9.17) is 5.73 Å². The number of hydrogen-bond acceptors (Lipinski definition) is 3. The molecule has 3 heterocycles. The number of hydrogen-bond donors (Lipinski definition) is 2. The van der Waals surface area contributed by atoms with Crippen molar-refractivity contribution in [3.63, 3.8) is 0 Å². The summed E-state index contributed by atoms with van der Waals surface area (Å²) in [6.45, 7) is 0. The molecule has 1 amide bonds. The topological polar surface area (TPSA) is 68.0 Å². The van der Waals surface area contributed by atoms with Gasteiger partial charge in [-0.2, -0.15) is 0 Å². The summed E-state index contributed by atoms with van der Waals surface area (Å²) in [4.78, 5) is 16.2. The molecule has 4 nitrogen and oxygen atoms in total. The van der Waals surface area contributed by atoms with E-state index in [9.17, 15) is 4.79 Å². The molecule has 0 atom stereocenters. The average molecular weight is 238 g/mol. The zero-order valence-corrected chi connectivity index (χ0v) is 9.82. The van der Waals surface area contributed by atoms with Gasteiger partial charge >= 0.3 is 0 Å². The van der Waals surface area contributed by atoms with Crippen molar-refractivity contribution in [2.45, 2.75) is 0 Å². The highest BCUT2D eigenvalue weighted by Gasteiger charge is 2.21. The number of carbonyl (C=O) groups excluding carboxylic acids is 1. The molecular formula is C12H8N3OSi. The fourth-order valence-corrected chi connectivity index (χ4v) is 2.28. The standard InChI is InChI=1S/C12H8N3OSi/c13-7-2-3-8(17)11-10(7)6-1-4-9(14-5-6)15-12(11)16/h1-5H,13H2,(H,14,15,16). The third-order valence-corrected chi connectivity index (χ3v) is 3.18. The van der Waals surface area contributed by atoms with Gasteiger partial charge in [-0.05, 0) is 18.2 Å². The predicted molar refractivity (Wildman–Crippen MR) is 67.4 cm³/mol. The van der Waals surface area contributed by atoms with Crippen LogP contribution in [0.1, 0.15) is 10.4 Å². The number of carbonyl (C=O) groups is 1. The van der Waals surface area contributed by atoms with Crippen LogP contribution in [-0.4, -0.2) is 21.1 Å². The molecular weight excluding hydrogens is 230 g/mol. The Kier molecular flexibility index (Phi) is 2.02. The monoisotopic (exact) mass is 238 g/mol. The number of benzene rings is 1. The number of nitrogen functional groups attached to an aromatic ring is 1. The molecule has 2 aromatic rings. The zero-order valence-electron chi connectivity index (χ0n) is 8.82. The Morgan fingerprint density at radius 2 is 2.00 bits per heavy atom. The zero-order chi connectivity index (χ0) is 12.0. The van der Waals surface area contributed by atoms with Crippen LogP contribution in [0.15, 0.2) is 30.5 Å². The molecule has 17 heavy (non-hydrogen) atoms. The highest BCUT2D eigenvalue weighted by atomic mass is 28.1. The summed E-state index contributed by atoms with van der Waals surface area (Å²) in [5.41, 5.74) is 8.62. The van der Waals surface area contributed by atoms with Crippen LogP contribution in [0.2, 0.25) is 0 Å². The van der Waals surface area contributed by atoms with Gasteiger partial charge in [0.05, 0.1) is 10.2 Å². The van der Waals surface area contributed by atoms with Crippen LogP contribution in [0.3, 0.4) is 0 Å². The maximum Gasteiger partial charge on any atom is 0.257 e. The lowest BCUT2D eigenvalue weighted by atomic mass is 9.97. The van der Waals surface area contributed by atoms with Gasteiger partial charge < -0.3 is 11.1 Å². The second-order valence-electron chi connectivity index (χ2n) is 3.84. The van der Waals surface area contributed by atoms with Gasteiger partial charge in [-0.25, -0.2) is 4.98 Å². The van der Waals surface area contributed by atoms with Crippen LogP contribution in [-0.2, 0) is 0 Å². The lowest BCUT2D eigenvalue weighted by molar-refractivity contribution is 0.102. The van der Waals surface area contributed by atoms with Crippen LogP contribution in [0.5, 0.6) is 0 Å². The largest absolute Gasteiger partial charge is 0.398 e. The molecule has 2 aliphatic rings. The lowest BCUT2D eigenvalue weighted by Crippen LogP contribution is -2.25. The molecule has 5 heteroatoms. The number of rotatable bonds is 0. The molecule has 0 saturated heterocycles. The Balaban J connectivity index is 2.43. The maximum atomic E-state index is 12.1. The van der Waals surface area contributed by atoms with Gasteiger partial charge in [-0.1, -0.05) is 11.3 Å². The van der Waals surface area contributed by atoms with E-state index >= 15 is 0 Å². The minimum atomic E-state index is -0.203. The van der Waals surface area contributed by atoms with Crippen molar-refractivity contribution in [2.75, 3.05) is 11.1 Å². The maximum absolute atomic E-state index is 12.1. The number of nitrogens with zero attached hydrogens (tertiary/aromatic N) is 1. The Bertz CT molecular complexity index is 622. The van der Waals surface area contributed by atoms with Gasteiger partial charge in [0.1, 0.15) is 5.82 Å². The molecule has 2 bridgehead atoms. The van der Waals surface area contributed by atoms with Crippen LogP contribution in [0.4, 0.5) is 11.5 Å². The predicted octanol–water partition coefficient (Wildman–Crippen LogP) is 0.690. The molecule has 0 unspecified atom stereocenters. The summed E-state index contributed by atoms with van der Waals surface area (Å²) in [6, 6.07) is 7.19. The van der Waals surface area contributed by atoms with Crippen molar-refractivity contribution in [2.24, 2.45) is 0 Å².